The van der Waals surface area contributed by atoms with E-state index < -0.39 is 5.91 Å². The molecule has 2 aromatic carbocycles. The average Bonchev–Trinajstić information content (AvgIpc) is 3.02. The number of carbonyl (C=O) groups excluding carboxylic acids is 1. The molecule has 2 aromatic heterocycles. The Balaban J connectivity index is 2.02. The number of nitrogens with two attached hydrogens (primary N) is 1. The number of nitrogens with one attached hydrogen (secondary N) is 1. The Morgan fingerprint density at radius 1 is 1.09 bits per heavy atom. The minimum Gasteiger partial charge on any atom is -0.364 e. The van der Waals surface area contributed by atoms with Gasteiger partial charge in [-0.25, -0.2) is 0 Å². The van der Waals surface area contributed by atoms with E-state index in [4.69, 9.17) is 5.73 Å². The largest absolute Gasteiger partial charge is 0.364 e. The first-order valence-corrected chi connectivity index (χ1v) is 6.72. The van der Waals surface area contributed by atoms with Crippen LogP contribution < -0.4 is 5.73 Å². The minimum atomic E-state index is -0.539. The molecule has 0 saturated heterocycles. The van der Waals surface area contributed by atoms with Crippen LogP contribution in [-0.2, 0) is 0 Å². The number of rotatable bonds is 2. The van der Waals surface area contributed by atoms with Crippen molar-refractivity contribution in [1.29, 1.82) is 0 Å². The predicted octanol–water partition coefficient (Wildman–Crippen LogP) is 2.27. The molecule has 0 aliphatic heterocycles. The maximum absolute atomic E-state index is 11.6. The third kappa shape index (κ3) is 1.81. The predicted molar refractivity (Wildman–Crippen MR) is 83.1 cm³/mol. The molecular formula is C16H11N5O. The first-order valence-electron chi connectivity index (χ1n) is 6.72. The van der Waals surface area contributed by atoms with Crippen molar-refractivity contribution in [2.24, 2.45) is 5.73 Å². The van der Waals surface area contributed by atoms with Gasteiger partial charge in [0.1, 0.15) is 16.7 Å². The molecule has 6 nitrogen and oxygen atoms in total. The topological polar surface area (TPSA) is 97.5 Å². The fourth-order valence-electron chi connectivity index (χ4n) is 2.63. The molecular weight excluding hydrogens is 278 g/mol. The Kier molecular flexibility index (Phi) is 2.62. The molecule has 0 fully saturated rings. The molecule has 0 spiro atoms. The van der Waals surface area contributed by atoms with Crippen LogP contribution in [0.1, 0.15) is 10.5 Å². The number of nitrogens with zero attached hydrogens (tertiary/aromatic N) is 3. The van der Waals surface area contributed by atoms with Crippen LogP contribution >= 0.6 is 0 Å². The third-order valence-corrected chi connectivity index (χ3v) is 3.66. The average molecular weight is 289 g/mol. The molecule has 4 rings (SSSR count). The van der Waals surface area contributed by atoms with Gasteiger partial charge in [-0.1, -0.05) is 24.3 Å². The van der Waals surface area contributed by atoms with Crippen molar-refractivity contribution in [3.63, 3.8) is 0 Å². The van der Waals surface area contributed by atoms with E-state index in [1.165, 1.54) is 0 Å². The number of carbonyl (C=O) groups is 1. The molecule has 0 saturated carbocycles. The monoisotopic (exact) mass is 289 g/mol. The van der Waals surface area contributed by atoms with Gasteiger partial charge in [0.2, 0.25) is 0 Å². The third-order valence-electron chi connectivity index (χ3n) is 3.66. The van der Waals surface area contributed by atoms with E-state index >= 15 is 0 Å². The van der Waals surface area contributed by atoms with E-state index in [0.717, 1.165) is 32.9 Å². The Bertz CT molecular complexity index is 1020. The van der Waals surface area contributed by atoms with Crippen molar-refractivity contribution in [3.05, 3.63) is 54.4 Å². The number of aromatic amines is 1. The number of fused-ring (bicyclic) bond motifs is 2. The van der Waals surface area contributed by atoms with E-state index in [1.54, 1.807) is 6.20 Å². The number of para-hydroxylation sites is 1. The number of hydrogen-bond donors (Lipinski definition) is 2. The van der Waals surface area contributed by atoms with Gasteiger partial charge < -0.3 is 5.73 Å². The Morgan fingerprint density at radius 3 is 2.86 bits per heavy atom. The van der Waals surface area contributed by atoms with Gasteiger partial charge in [-0.15, -0.1) is 0 Å². The van der Waals surface area contributed by atoms with Crippen LogP contribution in [0.5, 0.6) is 0 Å². The molecule has 0 aliphatic rings. The van der Waals surface area contributed by atoms with Crippen molar-refractivity contribution >= 4 is 27.7 Å². The smallest absolute Gasteiger partial charge is 0.267 e. The highest BCUT2D eigenvalue weighted by Gasteiger charge is 2.11. The molecule has 4 aromatic rings. The molecule has 6 heteroatoms. The zero-order chi connectivity index (χ0) is 15.1. The zero-order valence-corrected chi connectivity index (χ0v) is 11.4. The summed E-state index contributed by atoms with van der Waals surface area (Å²) in [6, 6.07) is 13.5. The number of benzene rings is 2. The second-order valence-corrected chi connectivity index (χ2v) is 4.96. The quantitative estimate of drug-likeness (QED) is 0.591. The van der Waals surface area contributed by atoms with Crippen LogP contribution in [0.2, 0.25) is 0 Å². The summed E-state index contributed by atoms with van der Waals surface area (Å²) in [4.78, 5) is 15.7. The Morgan fingerprint density at radius 2 is 2.00 bits per heavy atom. The normalized spacial score (nSPS) is 11.1. The van der Waals surface area contributed by atoms with Crippen molar-refractivity contribution in [2.75, 3.05) is 0 Å². The Labute approximate surface area is 125 Å². The SMILES string of the molecule is NC(=O)c1nccc2ccc(-c3cccc4n[nH]nc34)cc12. The summed E-state index contributed by atoms with van der Waals surface area (Å²) in [5.41, 5.74) is 9.13. The summed E-state index contributed by atoms with van der Waals surface area (Å²) in [7, 11) is 0. The summed E-state index contributed by atoms with van der Waals surface area (Å²) in [5.74, 6) is -0.539. The van der Waals surface area contributed by atoms with Crippen molar-refractivity contribution in [3.8, 4) is 11.1 Å². The van der Waals surface area contributed by atoms with Crippen molar-refractivity contribution in [1.82, 2.24) is 20.4 Å². The van der Waals surface area contributed by atoms with Crippen LogP contribution in [-0.4, -0.2) is 26.3 Å². The van der Waals surface area contributed by atoms with Gasteiger partial charge in [-0.2, -0.15) is 15.4 Å². The van der Waals surface area contributed by atoms with Crippen molar-refractivity contribution in [2.45, 2.75) is 0 Å². The lowest BCUT2D eigenvalue weighted by Gasteiger charge is -2.06. The van der Waals surface area contributed by atoms with E-state index in [0.29, 0.717) is 0 Å². The molecule has 1 amide bonds. The summed E-state index contributed by atoms with van der Waals surface area (Å²) in [6.45, 7) is 0. The van der Waals surface area contributed by atoms with Gasteiger partial charge in [0.15, 0.2) is 0 Å². The molecule has 3 N–H and O–H groups in total. The highest BCUT2D eigenvalue weighted by molar-refractivity contribution is 6.06. The fraction of sp³-hybridized carbons (Fsp3) is 0. The Hall–Kier alpha value is -3.28. The number of hydrogen-bond acceptors (Lipinski definition) is 4. The lowest BCUT2D eigenvalue weighted by Crippen LogP contribution is -2.13. The van der Waals surface area contributed by atoms with E-state index in [9.17, 15) is 4.79 Å². The number of aromatic nitrogens is 4. The maximum Gasteiger partial charge on any atom is 0.267 e. The van der Waals surface area contributed by atoms with E-state index in [1.807, 2.05) is 42.5 Å². The number of pyridine rings is 1. The summed E-state index contributed by atoms with van der Waals surface area (Å²) in [6.07, 6.45) is 1.58. The maximum atomic E-state index is 11.6. The zero-order valence-electron chi connectivity index (χ0n) is 11.4. The molecule has 106 valence electrons. The van der Waals surface area contributed by atoms with Gasteiger partial charge in [0.05, 0.1) is 0 Å². The second-order valence-electron chi connectivity index (χ2n) is 4.96. The van der Waals surface area contributed by atoms with Crippen LogP contribution in [0.3, 0.4) is 0 Å². The van der Waals surface area contributed by atoms with E-state index in [2.05, 4.69) is 20.4 Å². The van der Waals surface area contributed by atoms with Crippen LogP contribution in [0.15, 0.2) is 48.7 Å². The lowest BCUT2D eigenvalue weighted by molar-refractivity contribution is 0.0997. The molecule has 0 unspecified atom stereocenters. The highest BCUT2D eigenvalue weighted by atomic mass is 16.1. The standard InChI is InChI=1S/C16H11N5O/c17-16(22)15-12-8-10(5-4-9(12)6-7-18-15)11-2-1-3-13-14(11)20-21-19-13/h1-8H,(H2,17,22)(H,19,20,21). The van der Waals surface area contributed by atoms with Crippen LogP contribution in [0, 0.1) is 0 Å². The number of primary amides is 1. The first kappa shape index (κ1) is 12.5. The lowest BCUT2D eigenvalue weighted by atomic mass is 9.99. The molecule has 0 atom stereocenters. The van der Waals surface area contributed by atoms with Gasteiger partial charge in [-0.3, -0.25) is 9.78 Å². The minimum absolute atomic E-state index is 0.270. The number of amides is 1. The summed E-state index contributed by atoms with van der Waals surface area (Å²) >= 11 is 0. The van der Waals surface area contributed by atoms with Crippen LogP contribution in [0.25, 0.3) is 32.9 Å². The molecule has 22 heavy (non-hydrogen) atoms. The van der Waals surface area contributed by atoms with Gasteiger partial charge in [-0.05, 0) is 29.1 Å². The van der Waals surface area contributed by atoms with Gasteiger partial charge >= 0.3 is 0 Å². The first-order chi connectivity index (χ1) is 10.7. The second kappa shape index (κ2) is 4.63. The van der Waals surface area contributed by atoms with Gasteiger partial charge in [0, 0.05) is 17.1 Å². The summed E-state index contributed by atoms with van der Waals surface area (Å²) < 4.78 is 0. The molecule has 0 aliphatic carbocycles. The highest BCUT2D eigenvalue weighted by Crippen LogP contribution is 2.29. The summed E-state index contributed by atoms with van der Waals surface area (Å²) in [5, 5.41) is 12.6. The van der Waals surface area contributed by atoms with Crippen molar-refractivity contribution < 1.29 is 4.79 Å². The van der Waals surface area contributed by atoms with Crippen LogP contribution in [0.4, 0.5) is 0 Å². The fourth-order valence-corrected chi connectivity index (χ4v) is 2.63. The molecule has 0 bridgehead atoms. The van der Waals surface area contributed by atoms with E-state index in [-0.39, 0.29) is 5.69 Å². The molecule has 2 heterocycles. The molecule has 0 radical (unpaired) electrons. The number of H-pyrrole nitrogens is 1. The van der Waals surface area contributed by atoms with Gasteiger partial charge in [0.25, 0.3) is 5.91 Å².